The maximum absolute atomic E-state index is 10.9. The molecule has 1 nitrogen and oxygen atoms in total. The lowest BCUT2D eigenvalue weighted by molar-refractivity contribution is -0.196. The molecule has 0 saturated heterocycles. The molecule has 0 aromatic carbocycles. The van der Waals surface area contributed by atoms with Gasteiger partial charge in [0, 0.05) is 0 Å². The van der Waals surface area contributed by atoms with E-state index in [1.165, 1.54) is 62.5 Å². The summed E-state index contributed by atoms with van der Waals surface area (Å²) >= 11 is 0. The Balaban J connectivity index is 1.64. The van der Waals surface area contributed by atoms with Crippen LogP contribution in [0.1, 0.15) is 106 Å². The van der Waals surface area contributed by atoms with E-state index >= 15 is 0 Å². The normalized spacial score (nSPS) is 51.3. The van der Waals surface area contributed by atoms with Gasteiger partial charge in [-0.25, -0.2) is 0 Å². The number of aliphatic hydroxyl groups excluding tert-OH is 1. The summed E-state index contributed by atoms with van der Waals surface area (Å²) in [6.07, 6.45) is 13.6. The quantitative estimate of drug-likeness (QED) is 0.419. The molecule has 1 N–H and O–H groups in total. The lowest BCUT2D eigenvalue weighted by Gasteiger charge is -2.70. The highest BCUT2D eigenvalue weighted by molar-refractivity contribution is 5.54. The van der Waals surface area contributed by atoms with Crippen molar-refractivity contribution in [1.29, 1.82) is 0 Å². The molecule has 0 heterocycles. The molecular formula is C30H46O. The average Bonchev–Trinajstić information content (AvgIpc) is 2.69. The molecule has 0 aromatic rings. The minimum Gasteiger partial charge on any atom is -0.393 e. The molecule has 3 saturated carbocycles. The minimum absolute atomic E-state index is 0.0323. The maximum atomic E-state index is 10.9. The molecule has 3 fully saturated rings. The van der Waals surface area contributed by atoms with Crippen molar-refractivity contribution in [2.24, 2.45) is 38.9 Å². The van der Waals surface area contributed by atoms with Crippen LogP contribution in [0, 0.1) is 38.9 Å². The third-order valence-corrected chi connectivity index (χ3v) is 12.4. The third kappa shape index (κ3) is 2.54. The van der Waals surface area contributed by atoms with Crippen molar-refractivity contribution < 1.29 is 5.11 Å². The molecule has 172 valence electrons. The van der Waals surface area contributed by atoms with Gasteiger partial charge >= 0.3 is 0 Å². The molecule has 0 radical (unpaired) electrons. The van der Waals surface area contributed by atoms with Crippen LogP contribution in [0.3, 0.4) is 0 Å². The highest BCUT2D eigenvalue weighted by Gasteiger charge is 2.67. The predicted octanol–water partition coefficient (Wildman–Crippen LogP) is 8.01. The van der Waals surface area contributed by atoms with Gasteiger partial charge < -0.3 is 5.11 Å². The molecule has 0 aromatic heterocycles. The van der Waals surface area contributed by atoms with Gasteiger partial charge in [0.1, 0.15) is 0 Å². The number of hydrogen-bond donors (Lipinski definition) is 1. The summed E-state index contributed by atoms with van der Waals surface area (Å²) < 4.78 is 0. The van der Waals surface area contributed by atoms with Crippen LogP contribution in [-0.2, 0) is 0 Å². The summed E-state index contributed by atoms with van der Waals surface area (Å²) in [6, 6.07) is 0. The molecule has 7 unspecified atom stereocenters. The lowest BCUT2D eigenvalue weighted by Crippen LogP contribution is -2.63. The second-order valence-electron chi connectivity index (χ2n) is 13.8. The Kier molecular flexibility index (Phi) is 4.54. The van der Waals surface area contributed by atoms with Crippen molar-refractivity contribution >= 4 is 0 Å². The Hall–Kier alpha value is -0.820. The van der Waals surface area contributed by atoms with Gasteiger partial charge in [-0.05, 0) is 120 Å². The Morgan fingerprint density at radius 2 is 1.61 bits per heavy atom. The summed E-state index contributed by atoms with van der Waals surface area (Å²) in [6.45, 7) is 22.0. The summed E-state index contributed by atoms with van der Waals surface area (Å²) in [5.74, 6) is 1.35. The zero-order valence-electron chi connectivity index (χ0n) is 21.3. The number of aliphatic hydroxyl groups is 1. The van der Waals surface area contributed by atoms with Crippen LogP contribution in [0.2, 0.25) is 0 Å². The molecule has 5 aliphatic carbocycles. The van der Waals surface area contributed by atoms with E-state index in [1.54, 1.807) is 11.1 Å². The van der Waals surface area contributed by atoms with Gasteiger partial charge in [0.15, 0.2) is 0 Å². The van der Waals surface area contributed by atoms with Gasteiger partial charge in [0.05, 0.1) is 6.10 Å². The first kappa shape index (κ1) is 22.0. The van der Waals surface area contributed by atoms with E-state index in [-0.39, 0.29) is 16.9 Å². The SMILES string of the molecule is C=C1CCC2(C)CCC3(C)C(=CCC4C5(C)CCC(O)C(C)(C)C5CCC43C)C2=C1C. The van der Waals surface area contributed by atoms with E-state index in [0.717, 1.165) is 12.3 Å². The highest BCUT2D eigenvalue weighted by atomic mass is 16.3. The van der Waals surface area contributed by atoms with Crippen molar-refractivity contribution in [3.05, 3.63) is 34.9 Å². The largest absolute Gasteiger partial charge is 0.393 e. The number of fused-ring (bicyclic) bond motifs is 7. The zero-order chi connectivity index (χ0) is 22.6. The van der Waals surface area contributed by atoms with Crippen LogP contribution in [0.4, 0.5) is 0 Å². The van der Waals surface area contributed by atoms with E-state index in [1.807, 2.05) is 0 Å². The van der Waals surface area contributed by atoms with Crippen LogP contribution >= 0.6 is 0 Å². The van der Waals surface area contributed by atoms with Gasteiger partial charge in [-0.3, -0.25) is 0 Å². The lowest BCUT2D eigenvalue weighted by atomic mass is 9.34. The van der Waals surface area contributed by atoms with Crippen LogP contribution in [0.25, 0.3) is 0 Å². The second-order valence-corrected chi connectivity index (χ2v) is 13.8. The van der Waals surface area contributed by atoms with Gasteiger partial charge in [0.2, 0.25) is 0 Å². The fourth-order valence-corrected chi connectivity index (χ4v) is 9.97. The first-order chi connectivity index (χ1) is 14.3. The third-order valence-electron chi connectivity index (χ3n) is 12.4. The van der Waals surface area contributed by atoms with Crippen LogP contribution < -0.4 is 0 Å². The van der Waals surface area contributed by atoms with Crippen LogP contribution in [0.15, 0.2) is 34.9 Å². The number of rotatable bonds is 0. The highest BCUT2D eigenvalue weighted by Crippen LogP contribution is 2.75. The summed E-state index contributed by atoms with van der Waals surface area (Å²) in [4.78, 5) is 0. The summed E-state index contributed by atoms with van der Waals surface area (Å²) in [7, 11) is 0. The van der Waals surface area contributed by atoms with Gasteiger partial charge in [-0.2, -0.15) is 0 Å². The van der Waals surface area contributed by atoms with Crippen LogP contribution in [0.5, 0.6) is 0 Å². The first-order valence-electron chi connectivity index (χ1n) is 13.1. The Morgan fingerprint density at radius 1 is 0.903 bits per heavy atom. The second kappa shape index (κ2) is 6.40. The fraction of sp³-hybridized carbons (Fsp3) is 0.800. The zero-order valence-corrected chi connectivity index (χ0v) is 21.3. The fourth-order valence-electron chi connectivity index (χ4n) is 9.97. The monoisotopic (exact) mass is 422 g/mol. The topological polar surface area (TPSA) is 20.2 Å². The van der Waals surface area contributed by atoms with Crippen molar-refractivity contribution in [2.45, 2.75) is 112 Å². The van der Waals surface area contributed by atoms with Gasteiger partial charge in [-0.15, -0.1) is 0 Å². The Bertz CT molecular complexity index is 888. The summed E-state index contributed by atoms with van der Waals surface area (Å²) in [5, 5.41) is 10.9. The molecule has 5 rings (SSSR count). The van der Waals surface area contributed by atoms with E-state index in [9.17, 15) is 5.11 Å². The molecule has 0 amide bonds. The first-order valence-corrected chi connectivity index (χ1v) is 13.1. The predicted molar refractivity (Wildman–Crippen MR) is 131 cm³/mol. The smallest absolute Gasteiger partial charge is 0.0594 e. The Labute approximate surface area is 191 Å². The molecule has 1 heteroatoms. The van der Waals surface area contributed by atoms with E-state index in [0.29, 0.717) is 22.2 Å². The van der Waals surface area contributed by atoms with E-state index in [2.05, 4.69) is 61.1 Å². The standard InChI is InChI=1S/C30H46O/c1-19-11-14-27(5)17-18-29(7)21(25(27)20(19)2)9-10-23-28(6)15-13-24(31)26(3,4)22(28)12-16-30(23,29)8/h9,22-24,31H,1,10-18H2,2-8H3. The molecule has 7 atom stereocenters. The summed E-state index contributed by atoms with van der Waals surface area (Å²) in [5.41, 5.74) is 7.59. The molecule has 31 heavy (non-hydrogen) atoms. The van der Waals surface area contributed by atoms with Crippen molar-refractivity contribution in [2.75, 3.05) is 0 Å². The average molecular weight is 423 g/mol. The van der Waals surface area contributed by atoms with Gasteiger partial charge in [0.25, 0.3) is 0 Å². The number of hydrogen-bond acceptors (Lipinski definition) is 1. The minimum atomic E-state index is -0.142. The molecular weight excluding hydrogens is 376 g/mol. The van der Waals surface area contributed by atoms with Crippen molar-refractivity contribution in [3.63, 3.8) is 0 Å². The number of allylic oxidation sites excluding steroid dienone is 5. The van der Waals surface area contributed by atoms with E-state index in [4.69, 9.17) is 0 Å². The van der Waals surface area contributed by atoms with Gasteiger partial charge in [-0.1, -0.05) is 59.8 Å². The molecule has 0 aliphatic heterocycles. The molecule has 0 spiro atoms. The maximum Gasteiger partial charge on any atom is 0.0594 e. The molecule has 0 bridgehead atoms. The Morgan fingerprint density at radius 3 is 2.32 bits per heavy atom. The van der Waals surface area contributed by atoms with Crippen molar-refractivity contribution in [1.82, 2.24) is 0 Å². The van der Waals surface area contributed by atoms with Crippen LogP contribution in [-0.4, -0.2) is 11.2 Å². The van der Waals surface area contributed by atoms with E-state index < -0.39 is 0 Å². The molecule has 5 aliphatic rings. The van der Waals surface area contributed by atoms with Crippen molar-refractivity contribution in [3.8, 4) is 0 Å².